The molecule has 1 fully saturated rings. The second-order valence-electron chi connectivity index (χ2n) is 9.09. The van der Waals surface area contributed by atoms with Crippen molar-refractivity contribution >= 4 is 33.3 Å². The molecule has 0 bridgehead atoms. The highest BCUT2D eigenvalue weighted by atomic mass is 32.2. The van der Waals surface area contributed by atoms with Crippen LogP contribution in [0.15, 0.2) is 33.6 Å². The number of benzene rings is 1. The Labute approximate surface area is 205 Å². The lowest BCUT2D eigenvalue weighted by Gasteiger charge is -2.29. The number of nitrogens with zero attached hydrogens (tertiary/aromatic N) is 3. The molecular weight excluding hydrogens is 470 g/mol. The number of aromatic nitrogens is 1. The number of amidine groups is 1. The van der Waals surface area contributed by atoms with Gasteiger partial charge in [0, 0.05) is 37.0 Å². The first-order valence-electron chi connectivity index (χ1n) is 11.8. The van der Waals surface area contributed by atoms with Gasteiger partial charge in [0.2, 0.25) is 5.78 Å². The van der Waals surface area contributed by atoms with E-state index in [4.69, 9.17) is 9.47 Å². The first kappa shape index (κ1) is 25.1. The molecule has 1 saturated heterocycles. The van der Waals surface area contributed by atoms with E-state index in [0.717, 1.165) is 30.7 Å². The van der Waals surface area contributed by atoms with Gasteiger partial charge in [-0.25, -0.2) is 4.79 Å². The summed E-state index contributed by atoms with van der Waals surface area (Å²) >= 11 is 0. The summed E-state index contributed by atoms with van der Waals surface area (Å²) in [5.41, 5.74) is 2.76. The molecule has 2 aliphatic heterocycles. The summed E-state index contributed by atoms with van der Waals surface area (Å²) in [6.07, 6.45) is 3.45. The third-order valence-electron chi connectivity index (χ3n) is 6.55. The summed E-state index contributed by atoms with van der Waals surface area (Å²) in [5, 5.41) is 0. The van der Waals surface area contributed by atoms with Crippen molar-refractivity contribution in [1.82, 2.24) is 4.57 Å². The summed E-state index contributed by atoms with van der Waals surface area (Å²) in [6, 6.07) is 6.28. The number of esters is 1. The van der Waals surface area contributed by atoms with E-state index in [1.54, 1.807) is 19.2 Å². The summed E-state index contributed by atoms with van der Waals surface area (Å²) in [7, 11) is -2.29. The molecule has 4 rings (SSSR count). The summed E-state index contributed by atoms with van der Waals surface area (Å²) in [5.74, 6) is -0.538. The molecule has 0 radical (unpaired) electrons. The number of carbonyl (C=O) groups is 2. The zero-order chi connectivity index (χ0) is 25.3. The van der Waals surface area contributed by atoms with E-state index in [1.807, 2.05) is 30.2 Å². The molecule has 0 spiro atoms. The van der Waals surface area contributed by atoms with Crippen LogP contribution in [0.3, 0.4) is 0 Å². The fourth-order valence-corrected chi connectivity index (χ4v) is 6.24. The Kier molecular flexibility index (Phi) is 7.14. The van der Waals surface area contributed by atoms with Gasteiger partial charge in [-0.3, -0.25) is 4.79 Å². The van der Waals surface area contributed by atoms with E-state index >= 15 is 0 Å². The number of carbonyl (C=O) groups excluding carboxylic acids is 2. The number of hydrogen-bond donors (Lipinski definition) is 0. The molecule has 9 nitrogen and oxygen atoms in total. The van der Waals surface area contributed by atoms with Crippen molar-refractivity contribution in [3.8, 4) is 0 Å². The van der Waals surface area contributed by atoms with Gasteiger partial charge >= 0.3 is 5.97 Å². The first-order chi connectivity index (χ1) is 16.6. The normalized spacial score (nSPS) is 17.6. The van der Waals surface area contributed by atoms with E-state index < -0.39 is 22.6 Å². The Balaban J connectivity index is 1.51. The fraction of sp³-hybridized carbons (Fsp3) is 0.480. The molecule has 1 aromatic heterocycles. The van der Waals surface area contributed by atoms with Crippen LogP contribution in [0.1, 0.15) is 70.8 Å². The van der Waals surface area contributed by atoms with Crippen LogP contribution in [0.25, 0.3) is 0 Å². The monoisotopic (exact) mass is 501 g/mol. The summed E-state index contributed by atoms with van der Waals surface area (Å²) < 4.78 is 42.1. The maximum atomic E-state index is 12.8. The minimum atomic E-state index is -3.92. The maximum Gasteiger partial charge on any atom is 0.338 e. The van der Waals surface area contributed by atoms with Crippen LogP contribution in [0.5, 0.6) is 0 Å². The summed E-state index contributed by atoms with van der Waals surface area (Å²) in [6.45, 7) is 6.50. The highest BCUT2D eigenvalue weighted by Gasteiger charge is 2.32. The molecule has 0 unspecified atom stereocenters. The lowest BCUT2D eigenvalue weighted by molar-refractivity contribution is 0.0474. The third kappa shape index (κ3) is 4.90. The first-order valence-corrected chi connectivity index (χ1v) is 13.2. The smallest absolute Gasteiger partial charge is 0.338 e. The van der Waals surface area contributed by atoms with Crippen LogP contribution >= 0.6 is 0 Å². The number of aryl methyl sites for hydroxylation is 1. The topological polar surface area (TPSA) is 107 Å². The lowest BCUT2D eigenvalue weighted by Crippen LogP contribution is -2.35. The molecule has 3 heterocycles. The SMILES string of the molecule is COC[C@H](C)n1c(C)cc(C(=O)COC(=O)c2ccc3c(c2)S(=O)(=O)N=C2CCCCCN23)c1C. The number of sulfonamides is 1. The van der Waals surface area contributed by atoms with E-state index in [-0.39, 0.29) is 22.3 Å². The van der Waals surface area contributed by atoms with Crippen LogP contribution in [0, 0.1) is 13.8 Å². The molecule has 10 heteroatoms. The molecule has 2 aliphatic rings. The number of ketones is 1. The standard InChI is InChI=1S/C25H31N3O6S/c1-16-12-20(18(3)28(16)17(2)14-33-4)22(29)15-34-25(30)19-9-10-21-23(13-19)35(31,32)26-24-8-6-5-7-11-27(21)24/h9-10,12-13,17H,5-8,11,14-15H2,1-4H3/t17-/m0/s1. The van der Waals surface area contributed by atoms with Crippen LogP contribution in [-0.2, 0) is 19.5 Å². The zero-order valence-electron chi connectivity index (χ0n) is 20.5. The number of anilines is 1. The highest BCUT2D eigenvalue weighted by Crippen LogP contribution is 2.35. The number of hydrogen-bond acceptors (Lipinski definition) is 7. The maximum absolute atomic E-state index is 12.8. The number of ether oxygens (including phenoxy) is 2. The Morgan fingerprint density at radius 1 is 1.14 bits per heavy atom. The predicted molar refractivity (Wildman–Crippen MR) is 132 cm³/mol. The largest absolute Gasteiger partial charge is 0.454 e. The van der Waals surface area contributed by atoms with Crippen LogP contribution in [0.4, 0.5) is 5.69 Å². The van der Waals surface area contributed by atoms with Gasteiger partial charge < -0.3 is 18.9 Å². The van der Waals surface area contributed by atoms with Gasteiger partial charge in [-0.15, -0.1) is 4.40 Å². The second kappa shape index (κ2) is 9.94. The van der Waals surface area contributed by atoms with Gasteiger partial charge in [0.1, 0.15) is 10.7 Å². The van der Waals surface area contributed by atoms with Crippen LogP contribution in [-0.4, -0.2) is 57.4 Å². The van der Waals surface area contributed by atoms with E-state index in [2.05, 4.69) is 4.40 Å². The molecule has 1 aromatic carbocycles. The van der Waals surface area contributed by atoms with Gasteiger partial charge in [0.05, 0.1) is 23.9 Å². The Morgan fingerprint density at radius 2 is 1.91 bits per heavy atom. The van der Waals surface area contributed by atoms with Crippen molar-refractivity contribution in [2.45, 2.75) is 57.4 Å². The fourth-order valence-electron chi connectivity index (χ4n) is 4.95. The van der Waals surface area contributed by atoms with Crippen molar-refractivity contribution in [2.75, 3.05) is 31.8 Å². The van der Waals surface area contributed by atoms with Crippen LogP contribution in [0.2, 0.25) is 0 Å². The average Bonchev–Trinajstić information content (AvgIpc) is 2.96. The molecule has 0 amide bonds. The lowest BCUT2D eigenvalue weighted by atomic mass is 10.1. The minimum absolute atomic E-state index is 0.0143. The average molecular weight is 502 g/mol. The number of methoxy groups -OCH3 is 1. The van der Waals surface area contributed by atoms with Gasteiger partial charge in [0.25, 0.3) is 10.0 Å². The molecule has 0 aliphatic carbocycles. The van der Waals surface area contributed by atoms with Gasteiger partial charge in [-0.1, -0.05) is 6.42 Å². The van der Waals surface area contributed by atoms with Crippen molar-refractivity contribution in [3.05, 3.63) is 46.8 Å². The van der Waals surface area contributed by atoms with E-state index in [1.165, 1.54) is 12.1 Å². The van der Waals surface area contributed by atoms with Crippen LogP contribution < -0.4 is 4.90 Å². The molecule has 1 atom stereocenters. The minimum Gasteiger partial charge on any atom is -0.454 e. The molecule has 188 valence electrons. The zero-order valence-corrected chi connectivity index (χ0v) is 21.4. The van der Waals surface area contributed by atoms with Gasteiger partial charge in [0.15, 0.2) is 6.61 Å². The van der Waals surface area contributed by atoms with Crippen molar-refractivity contribution in [3.63, 3.8) is 0 Å². The molecule has 35 heavy (non-hydrogen) atoms. The molecule has 2 aromatic rings. The van der Waals surface area contributed by atoms with E-state index in [9.17, 15) is 18.0 Å². The second-order valence-corrected chi connectivity index (χ2v) is 10.7. The van der Waals surface area contributed by atoms with Gasteiger partial charge in [-0.05, 0) is 57.9 Å². The Bertz CT molecular complexity index is 1290. The Hall–Kier alpha value is -2.98. The third-order valence-corrected chi connectivity index (χ3v) is 7.89. The number of fused-ring (bicyclic) bond motifs is 3. The van der Waals surface area contributed by atoms with Crippen molar-refractivity contribution in [1.29, 1.82) is 0 Å². The quantitative estimate of drug-likeness (QED) is 0.419. The van der Waals surface area contributed by atoms with E-state index in [0.29, 0.717) is 36.7 Å². The summed E-state index contributed by atoms with van der Waals surface area (Å²) in [4.78, 5) is 27.5. The highest BCUT2D eigenvalue weighted by molar-refractivity contribution is 7.90. The molecule has 0 saturated carbocycles. The van der Waals surface area contributed by atoms with Crippen molar-refractivity contribution in [2.24, 2.45) is 4.40 Å². The molecule has 0 N–H and O–H groups in total. The number of Topliss-reactive ketones (excluding diaryl/α,β-unsaturated/α-hetero) is 1. The Morgan fingerprint density at radius 3 is 2.66 bits per heavy atom. The number of rotatable bonds is 7. The predicted octanol–water partition coefficient (Wildman–Crippen LogP) is 3.83. The molecular formula is C25H31N3O6S. The van der Waals surface area contributed by atoms with Gasteiger partial charge in [-0.2, -0.15) is 8.42 Å². The van der Waals surface area contributed by atoms with Crippen molar-refractivity contribution < 1.29 is 27.5 Å².